The van der Waals surface area contributed by atoms with E-state index in [1.165, 1.54) is 51.4 Å². The van der Waals surface area contributed by atoms with Crippen LogP contribution >= 0.6 is 0 Å². The fourth-order valence-electron chi connectivity index (χ4n) is 4.10. The SMILES string of the molecule is C[C@]12CCCCC1=CC=C1CCCC[C@H]12. The van der Waals surface area contributed by atoms with Crippen molar-refractivity contribution in [3.8, 4) is 0 Å². The standard InChI is InChI=1S/C15H22/c1-15-11-5-4-7-13(15)10-9-12-6-2-3-8-14(12)15/h9-10,14H,2-8,11H2,1H3/t14-,15+/m1/s1. The van der Waals surface area contributed by atoms with Gasteiger partial charge >= 0.3 is 0 Å². The highest BCUT2D eigenvalue weighted by molar-refractivity contribution is 5.35. The molecule has 0 heterocycles. The molecule has 0 aromatic heterocycles. The van der Waals surface area contributed by atoms with Crippen molar-refractivity contribution in [1.82, 2.24) is 0 Å². The molecule has 3 aliphatic carbocycles. The Bertz CT molecular complexity index is 321. The van der Waals surface area contributed by atoms with Crippen molar-refractivity contribution in [3.63, 3.8) is 0 Å². The van der Waals surface area contributed by atoms with Gasteiger partial charge in [-0.3, -0.25) is 0 Å². The van der Waals surface area contributed by atoms with Gasteiger partial charge in [-0.1, -0.05) is 43.1 Å². The van der Waals surface area contributed by atoms with Crippen molar-refractivity contribution in [2.45, 2.75) is 58.3 Å². The molecule has 0 N–H and O–H groups in total. The summed E-state index contributed by atoms with van der Waals surface area (Å²) in [5.41, 5.74) is 4.10. The summed E-state index contributed by atoms with van der Waals surface area (Å²) in [6, 6.07) is 0. The summed E-state index contributed by atoms with van der Waals surface area (Å²) in [6.45, 7) is 2.54. The van der Waals surface area contributed by atoms with Crippen LogP contribution in [0.4, 0.5) is 0 Å². The molecule has 0 bridgehead atoms. The second-order valence-electron chi connectivity index (χ2n) is 5.86. The zero-order valence-electron chi connectivity index (χ0n) is 9.89. The molecule has 82 valence electrons. The lowest BCUT2D eigenvalue weighted by atomic mass is 9.57. The Balaban J connectivity index is 1.98. The van der Waals surface area contributed by atoms with Gasteiger partial charge in [0.05, 0.1) is 0 Å². The summed E-state index contributed by atoms with van der Waals surface area (Å²) in [5.74, 6) is 0.909. The molecule has 0 radical (unpaired) electrons. The first-order chi connectivity index (χ1) is 7.31. The average molecular weight is 202 g/mol. The fourth-order valence-corrected chi connectivity index (χ4v) is 4.10. The molecule has 2 fully saturated rings. The quantitative estimate of drug-likeness (QED) is 0.537. The van der Waals surface area contributed by atoms with Crippen LogP contribution in [0.2, 0.25) is 0 Å². The Kier molecular flexibility index (Phi) is 2.26. The van der Waals surface area contributed by atoms with Crippen molar-refractivity contribution < 1.29 is 0 Å². The number of hydrogen-bond donors (Lipinski definition) is 0. The lowest BCUT2D eigenvalue weighted by Crippen LogP contribution is -2.36. The Morgan fingerprint density at radius 3 is 2.87 bits per heavy atom. The van der Waals surface area contributed by atoms with Gasteiger partial charge in [-0.2, -0.15) is 0 Å². The highest BCUT2D eigenvalue weighted by atomic mass is 14.5. The van der Waals surface area contributed by atoms with E-state index in [4.69, 9.17) is 0 Å². The zero-order chi connectivity index (χ0) is 10.3. The van der Waals surface area contributed by atoms with Gasteiger partial charge in [-0.25, -0.2) is 0 Å². The molecule has 2 atom stereocenters. The van der Waals surface area contributed by atoms with Crippen LogP contribution in [-0.2, 0) is 0 Å². The van der Waals surface area contributed by atoms with E-state index in [-0.39, 0.29) is 0 Å². The van der Waals surface area contributed by atoms with Gasteiger partial charge in [0.2, 0.25) is 0 Å². The predicted octanol–water partition coefficient (Wildman–Crippen LogP) is 4.62. The van der Waals surface area contributed by atoms with Crippen LogP contribution < -0.4 is 0 Å². The fraction of sp³-hybridized carbons (Fsp3) is 0.733. The van der Waals surface area contributed by atoms with Crippen LogP contribution in [0.1, 0.15) is 58.3 Å². The van der Waals surface area contributed by atoms with E-state index in [9.17, 15) is 0 Å². The Morgan fingerprint density at radius 1 is 1.07 bits per heavy atom. The van der Waals surface area contributed by atoms with Gasteiger partial charge in [-0.05, 0) is 49.9 Å². The number of allylic oxidation sites excluding steroid dienone is 4. The molecule has 0 nitrogen and oxygen atoms in total. The molecule has 3 aliphatic rings. The summed E-state index contributed by atoms with van der Waals surface area (Å²) < 4.78 is 0. The molecule has 15 heavy (non-hydrogen) atoms. The molecule has 0 unspecified atom stereocenters. The van der Waals surface area contributed by atoms with Crippen LogP contribution in [0, 0.1) is 11.3 Å². The van der Waals surface area contributed by atoms with Gasteiger partial charge in [0.1, 0.15) is 0 Å². The van der Waals surface area contributed by atoms with E-state index in [1.54, 1.807) is 11.1 Å². The molecule has 0 spiro atoms. The van der Waals surface area contributed by atoms with Gasteiger partial charge in [-0.15, -0.1) is 0 Å². The van der Waals surface area contributed by atoms with Crippen molar-refractivity contribution in [2.75, 3.05) is 0 Å². The molecule has 3 rings (SSSR count). The van der Waals surface area contributed by atoms with Gasteiger partial charge in [0, 0.05) is 0 Å². The zero-order valence-corrected chi connectivity index (χ0v) is 9.89. The Labute approximate surface area is 93.5 Å². The molecule has 0 aliphatic heterocycles. The third-order valence-corrected chi connectivity index (χ3v) is 5.05. The minimum absolute atomic E-state index is 0.558. The van der Waals surface area contributed by atoms with E-state index in [0.717, 1.165) is 5.92 Å². The highest BCUT2D eigenvalue weighted by Crippen LogP contribution is 2.54. The van der Waals surface area contributed by atoms with Crippen LogP contribution in [0.25, 0.3) is 0 Å². The van der Waals surface area contributed by atoms with Crippen molar-refractivity contribution >= 4 is 0 Å². The monoisotopic (exact) mass is 202 g/mol. The summed E-state index contributed by atoms with van der Waals surface area (Å²) in [4.78, 5) is 0. The molecule has 2 saturated carbocycles. The minimum Gasteiger partial charge on any atom is -0.0662 e. The predicted molar refractivity (Wildman–Crippen MR) is 64.7 cm³/mol. The second-order valence-corrected chi connectivity index (χ2v) is 5.86. The topological polar surface area (TPSA) is 0 Å². The molecule has 0 amide bonds. The normalized spacial score (nSPS) is 39.9. The largest absolute Gasteiger partial charge is 0.0662 e. The van der Waals surface area contributed by atoms with Crippen molar-refractivity contribution in [3.05, 3.63) is 23.3 Å². The van der Waals surface area contributed by atoms with Crippen molar-refractivity contribution in [2.24, 2.45) is 11.3 Å². The van der Waals surface area contributed by atoms with Gasteiger partial charge in [0.25, 0.3) is 0 Å². The second kappa shape index (κ2) is 3.50. The number of rotatable bonds is 0. The van der Waals surface area contributed by atoms with Crippen LogP contribution in [0.3, 0.4) is 0 Å². The maximum absolute atomic E-state index is 2.54. The van der Waals surface area contributed by atoms with E-state index in [0.29, 0.717) is 5.41 Å². The first kappa shape index (κ1) is 9.69. The van der Waals surface area contributed by atoms with Crippen molar-refractivity contribution in [1.29, 1.82) is 0 Å². The van der Waals surface area contributed by atoms with E-state index in [1.807, 2.05) is 0 Å². The van der Waals surface area contributed by atoms with E-state index < -0.39 is 0 Å². The molecule has 0 aromatic carbocycles. The Morgan fingerprint density at radius 2 is 1.93 bits per heavy atom. The molecule has 0 saturated heterocycles. The average Bonchev–Trinajstić information content (AvgIpc) is 2.29. The lowest BCUT2D eigenvalue weighted by molar-refractivity contribution is 0.181. The number of fused-ring (bicyclic) bond motifs is 3. The highest BCUT2D eigenvalue weighted by Gasteiger charge is 2.42. The summed E-state index contributed by atoms with van der Waals surface area (Å²) in [6.07, 6.45) is 16.4. The molecule has 0 aromatic rings. The smallest absolute Gasteiger partial charge is 0.00478 e. The van der Waals surface area contributed by atoms with E-state index in [2.05, 4.69) is 19.1 Å². The summed E-state index contributed by atoms with van der Waals surface area (Å²) >= 11 is 0. The van der Waals surface area contributed by atoms with Gasteiger partial charge in [0.15, 0.2) is 0 Å². The van der Waals surface area contributed by atoms with Crippen LogP contribution in [0.15, 0.2) is 23.3 Å². The minimum atomic E-state index is 0.558. The molecule has 0 heteroatoms. The van der Waals surface area contributed by atoms with E-state index >= 15 is 0 Å². The first-order valence-electron chi connectivity index (χ1n) is 6.71. The first-order valence-corrected chi connectivity index (χ1v) is 6.71. The molecular formula is C15H22. The maximum Gasteiger partial charge on any atom is -0.00478 e. The van der Waals surface area contributed by atoms with Crippen LogP contribution in [-0.4, -0.2) is 0 Å². The summed E-state index contributed by atoms with van der Waals surface area (Å²) in [7, 11) is 0. The Hall–Kier alpha value is -0.520. The number of hydrogen-bond acceptors (Lipinski definition) is 0. The van der Waals surface area contributed by atoms with Crippen LogP contribution in [0.5, 0.6) is 0 Å². The third kappa shape index (κ3) is 1.41. The van der Waals surface area contributed by atoms with Gasteiger partial charge < -0.3 is 0 Å². The summed E-state index contributed by atoms with van der Waals surface area (Å²) in [5, 5.41) is 0. The maximum atomic E-state index is 2.54. The lowest BCUT2D eigenvalue weighted by Gasteiger charge is -2.48. The third-order valence-electron chi connectivity index (χ3n) is 5.05. The molecular weight excluding hydrogens is 180 g/mol.